The number of aromatic nitrogens is 1. The van der Waals surface area contributed by atoms with E-state index in [9.17, 15) is 9.59 Å². The van der Waals surface area contributed by atoms with Gasteiger partial charge in [-0.1, -0.05) is 35.9 Å². The van der Waals surface area contributed by atoms with E-state index in [0.29, 0.717) is 5.56 Å². The Morgan fingerprint density at radius 1 is 1.14 bits per heavy atom. The molecule has 110 valence electrons. The standard InChI is InChI=1S/C17H18ClNO2/c1-11(2)19-15(13-6-4-12(3)5-7-13)9-8-14(17(19)21)10-16(18)20/h4-9,11H,10H2,1-3H3. The van der Waals surface area contributed by atoms with Crippen molar-refractivity contribution >= 4 is 16.8 Å². The van der Waals surface area contributed by atoms with Crippen molar-refractivity contribution in [2.75, 3.05) is 0 Å². The first-order valence-electron chi connectivity index (χ1n) is 6.90. The predicted molar refractivity (Wildman–Crippen MR) is 85.8 cm³/mol. The molecule has 1 heterocycles. The highest BCUT2D eigenvalue weighted by Gasteiger charge is 2.14. The lowest BCUT2D eigenvalue weighted by molar-refractivity contribution is -0.111. The van der Waals surface area contributed by atoms with Gasteiger partial charge < -0.3 is 4.57 Å². The molecule has 0 aliphatic heterocycles. The number of benzene rings is 1. The third-order valence-electron chi connectivity index (χ3n) is 3.39. The molecule has 21 heavy (non-hydrogen) atoms. The Labute approximate surface area is 129 Å². The summed E-state index contributed by atoms with van der Waals surface area (Å²) in [5.74, 6) is 0. The van der Waals surface area contributed by atoms with E-state index in [-0.39, 0.29) is 18.0 Å². The second-order valence-corrected chi connectivity index (χ2v) is 5.83. The zero-order chi connectivity index (χ0) is 15.6. The highest BCUT2D eigenvalue weighted by atomic mass is 35.5. The summed E-state index contributed by atoms with van der Waals surface area (Å²) in [5, 5.41) is -0.523. The molecule has 0 saturated heterocycles. The van der Waals surface area contributed by atoms with Crippen LogP contribution < -0.4 is 5.56 Å². The molecule has 1 aromatic carbocycles. The average Bonchev–Trinajstić information content (AvgIpc) is 2.41. The number of carbonyl (C=O) groups excluding carboxylic acids is 1. The first-order chi connectivity index (χ1) is 9.90. The molecular weight excluding hydrogens is 286 g/mol. The van der Waals surface area contributed by atoms with Crippen LogP contribution in [0.4, 0.5) is 0 Å². The highest BCUT2D eigenvalue weighted by Crippen LogP contribution is 2.22. The number of rotatable bonds is 4. The van der Waals surface area contributed by atoms with Crippen LogP contribution in [0.3, 0.4) is 0 Å². The number of hydrogen-bond acceptors (Lipinski definition) is 2. The number of aryl methyl sites for hydroxylation is 1. The molecule has 0 unspecified atom stereocenters. The van der Waals surface area contributed by atoms with Crippen LogP contribution in [0.15, 0.2) is 41.2 Å². The Bertz CT molecular complexity index is 715. The fourth-order valence-electron chi connectivity index (χ4n) is 2.35. The average molecular weight is 304 g/mol. The first kappa shape index (κ1) is 15.5. The van der Waals surface area contributed by atoms with Crippen LogP contribution in [0.1, 0.15) is 31.0 Å². The molecule has 0 aliphatic rings. The number of nitrogens with zero attached hydrogens (tertiary/aromatic N) is 1. The Balaban J connectivity index is 2.62. The minimum absolute atomic E-state index is 0.000759. The van der Waals surface area contributed by atoms with Crippen LogP contribution in [-0.4, -0.2) is 9.81 Å². The van der Waals surface area contributed by atoms with Crippen LogP contribution in [-0.2, 0) is 11.2 Å². The smallest absolute Gasteiger partial charge is 0.254 e. The molecule has 2 rings (SSSR count). The van der Waals surface area contributed by atoms with Gasteiger partial charge in [0.15, 0.2) is 0 Å². The Hall–Kier alpha value is -1.87. The van der Waals surface area contributed by atoms with E-state index in [4.69, 9.17) is 11.6 Å². The fraction of sp³-hybridized carbons (Fsp3) is 0.294. The number of halogens is 1. The summed E-state index contributed by atoms with van der Waals surface area (Å²) in [7, 11) is 0. The highest BCUT2D eigenvalue weighted by molar-refractivity contribution is 6.63. The van der Waals surface area contributed by atoms with Gasteiger partial charge in [-0.25, -0.2) is 0 Å². The van der Waals surface area contributed by atoms with Crippen LogP contribution in [0.2, 0.25) is 0 Å². The molecule has 0 N–H and O–H groups in total. The quantitative estimate of drug-likeness (QED) is 0.808. The number of carbonyl (C=O) groups is 1. The molecule has 0 fully saturated rings. The number of pyridine rings is 1. The van der Waals surface area contributed by atoms with Crippen molar-refractivity contribution in [1.29, 1.82) is 0 Å². The van der Waals surface area contributed by atoms with E-state index < -0.39 is 5.24 Å². The van der Waals surface area contributed by atoms with Crippen molar-refractivity contribution in [3.63, 3.8) is 0 Å². The van der Waals surface area contributed by atoms with Crippen molar-refractivity contribution in [1.82, 2.24) is 4.57 Å². The monoisotopic (exact) mass is 303 g/mol. The lowest BCUT2D eigenvalue weighted by atomic mass is 10.1. The maximum absolute atomic E-state index is 12.6. The minimum Gasteiger partial charge on any atom is -0.306 e. The third-order valence-corrected chi connectivity index (χ3v) is 3.52. The largest absolute Gasteiger partial charge is 0.306 e. The maximum Gasteiger partial charge on any atom is 0.254 e. The molecule has 0 spiro atoms. The molecule has 3 nitrogen and oxygen atoms in total. The Morgan fingerprint density at radius 3 is 2.29 bits per heavy atom. The van der Waals surface area contributed by atoms with Crippen LogP contribution in [0.25, 0.3) is 11.3 Å². The van der Waals surface area contributed by atoms with E-state index in [1.807, 2.05) is 51.1 Å². The van der Waals surface area contributed by atoms with E-state index in [1.54, 1.807) is 10.6 Å². The molecule has 0 amide bonds. The zero-order valence-electron chi connectivity index (χ0n) is 12.4. The molecule has 0 aliphatic carbocycles. The van der Waals surface area contributed by atoms with Crippen LogP contribution >= 0.6 is 11.6 Å². The van der Waals surface area contributed by atoms with Gasteiger partial charge in [0.25, 0.3) is 5.56 Å². The molecule has 0 bridgehead atoms. The number of hydrogen-bond donors (Lipinski definition) is 0. The summed E-state index contributed by atoms with van der Waals surface area (Å²) in [6, 6.07) is 11.6. The van der Waals surface area contributed by atoms with Gasteiger partial charge in [-0.05, 0) is 44.0 Å². The van der Waals surface area contributed by atoms with Crippen LogP contribution in [0.5, 0.6) is 0 Å². The van der Waals surface area contributed by atoms with Gasteiger partial charge in [-0.3, -0.25) is 9.59 Å². The van der Waals surface area contributed by atoms with Crippen molar-refractivity contribution in [2.45, 2.75) is 33.2 Å². The summed E-state index contributed by atoms with van der Waals surface area (Å²) in [5.41, 5.74) is 3.27. The van der Waals surface area contributed by atoms with E-state index >= 15 is 0 Å². The van der Waals surface area contributed by atoms with E-state index in [1.165, 1.54) is 5.56 Å². The van der Waals surface area contributed by atoms with Crippen molar-refractivity contribution < 1.29 is 4.79 Å². The molecule has 2 aromatic rings. The molecule has 0 atom stereocenters. The Kier molecular flexibility index (Phi) is 4.63. The molecule has 1 aromatic heterocycles. The van der Waals surface area contributed by atoms with Gasteiger partial charge in [0.1, 0.15) is 0 Å². The molecular formula is C17H18ClNO2. The fourth-order valence-corrected chi connectivity index (χ4v) is 2.50. The molecule has 0 saturated carbocycles. The lowest BCUT2D eigenvalue weighted by Gasteiger charge is -2.18. The van der Waals surface area contributed by atoms with Gasteiger partial charge >= 0.3 is 0 Å². The summed E-state index contributed by atoms with van der Waals surface area (Å²) in [4.78, 5) is 23.6. The van der Waals surface area contributed by atoms with Gasteiger partial charge in [-0.2, -0.15) is 0 Å². The topological polar surface area (TPSA) is 39.1 Å². The maximum atomic E-state index is 12.6. The summed E-state index contributed by atoms with van der Waals surface area (Å²) < 4.78 is 1.71. The summed E-state index contributed by atoms with van der Waals surface area (Å²) in [6.07, 6.45) is -0.0404. The van der Waals surface area contributed by atoms with Crippen molar-refractivity contribution in [3.05, 3.63) is 57.9 Å². The minimum atomic E-state index is -0.523. The SMILES string of the molecule is Cc1ccc(-c2ccc(CC(=O)Cl)c(=O)n2C(C)C)cc1. The van der Waals surface area contributed by atoms with Gasteiger partial charge in [-0.15, -0.1) is 0 Å². The van der Waals surface area contributed by atoms with Crippen LogP contribution in [0, 0.1) is 6.92 Å². The van der Waals surface area contributed by atoms with Gasteiger partial charge in [0.2, 0.25) is 5.24 Å². The van der Waals surface area contributed by atoms with E-state index in [2.05, 4.69) is 0 Å². The lowest BCUT2D eigenvalue weighted by Crippen LogP contribution is -2.27. The predicted octanol–water partition coefficient (Wildman–Crippen LogP) is 3.71. The Morgan fingerprint density at radius 2 is 1.76 bits per heavy atom. The summed E-state index contributed by atoms with van der Waals surface area (Å²) >= 11 is 5.40. The second kappa shape index (κ2) is 6.27. The van der Waals surface area contributed by atoms with Gasteiger partial charge in [0.05, 0.1) is 12.1 Å². The first-order valence-corrected chi connectivity index (χ1v) is 7.27. The van der Waals surface area contributed by atoms with E-state index in [0.717, 1.165) is 11.3 Å². The van der Waals surface area contributed by atoms with Gasteiger partial charge in [0, 0.05) is 11.6 Å². The summed E-state index contributed by atoms with van der Waals surface area (Å²) in [6.45, 7) is 5.92. The molecule has 0 radical (unpaired) electrons. The zero-order valence-corrected chi connectivity index (χ0v) is 13.1. The molecule has 4 heteroatoms. The van der Waals surface area contributed by atoms with Crippen molar-refractivity contribution in [3.8, 4) is 11.3 Å². The third kappa shape index (κ3) is 3.42. The second-order valence-electron chi connectivity index (χ2n) is 5.41. The normalized spacial score (nSPS) is 10.9. The van der Waals surface area contributed by atoms with Crippen molar-refractivity contribution in [2.24, 2.45) is 0 Å².